The first-order valence-electron chi connectivity index (χ1n) is 10.7. The fourth-order valence-corrected chi connectivity index (χ4v) is 4.77. The smallest absolute Gasteiger partial charge is 0.175 e. The molecule has 2 heterocycles. The molecule has 3 aromatic rings. The number of rotatable bonds is 6. The molecule has 1 aliphatic heterocycles. The van der Waals surface area contributed by atoms with Crippen LogP contribution in [0.15, 0.2) is 47.6 Å². The molecule has 0 aliphatic carbocycles. The highest BCUT2D eigenvalue weighted by molar-refractivity contribution is 7.90. The number of fused-ring (bicyclic) bond motifs is 1. The van der Waals surface area contributed by atoms with E-state index in [0.29, 0.717) is 28.1 Å². The Hall–Kier alpha value is -3.18. The van der Waals surface area contributed by atoms with Crippen LogP contribution in [0.25, 0.3) is 10.9 Å². The summed E-state index contributed by atoms with van der Waals surface area (Å²) in [5.41, 5.74) is 1.76. The number of hydrogen-bond acceptors (Lipinski definition) is 8. The van der Waals surface area contributed by atoms with Gasteiger partial charge in [0, 0.05) is 50.4 Å². The van der Waals surface area contributed by atoms with Crippen LogP contribution in [-0.4, -0.2) is 75.1 Å². The first-order chi connectivity index (χ1) is 16.3. The van der Waals surface area contributed by atoms with Gasteiger partial charge < -0.3 is 24.6 Å². The van der Waals surface area contributed by atoms with E-state index in [1.807, 2.05) is 12.1 Å². The summed E-state index contributed by atoms with van der Waals surface area (Å²) in [6.45, 7) is 3.53. The van der Waals surface area contributed by atoms with Crippen LogP contribution in [0.4, 0.5) is 5.82 Å². The van der Waals surface area contributed by atoms with E-state index in [1.54, 1.807) is 44.8 Å². The summed E-state index contributed by atoms with van der Waals surface area (Å²) >= 11 is 5.60. The van der Waals surface area contributed by atoms with E-state index in [9.17, 15) is 8.42 Å². The minimum atomic E-state index is -3.20. The average molecular weight is 502 g/mol. The molecule has 1 fully saturated rings. The summed E-state index contributed by atoms with van der Waals surface area (Å²) in [6.07, 6.45) is 2.77. The quantitative estimate of drug-likeness (QED) is 0.507. The molecule has 180 valence electrons. The standard InChI is InChI=1S/C23H27N5O4S2/c1-31-20-12-18-19(13-21(20)32-2)25-15-26-22(18)27-8-10-28(11-9-27)23(33)24-14-16-4-6-17(7-5-16)34(3,29)30/h4-7,12-13,15H,8-11,14H2,1-3H3,(H,24,33). The van der Waals surface area contributed by atoms with Crippen molar-refractivity contribution in [1.82, 2.24) is 20.2 Å². The lowest BCUT2D eigenvalue weighted by Crippen LogP contribution is -2.51. The van der Waals surface area contributed by atoms with Crippen LogP contribution in [0.2, 0.25) is 0 Å². The summed E-state index contributed by atoms with van der Waals surface area (Å²) < 4.78 is 34.1. The summed E-state index contributed by atoms with van der Waals surface area (Å²) in [4.78, 5) is 13.6. The number of methoxy groups -OCH3 is 2. The minimum Gasteiger partial charge on any atom is -0.493 e. The zero-order valence-electron chi connectivity index (χ0n) is 19.3. The molecule has 4 rings (SSSR count). The monoisotopic (exact) mass is 501 g/mol. The molecule has 1 aliphatic rings. The van der Waals surface area contributed by atoms with Gasteiger partial charge in [-0.25, -0.2) is 18.4 Å². The normalized spacial score (nSPS) is 14.2. The maximum atomic E-state index is 11.6. The van der Waals surface area contributed by atoms with Crippen LogP contribution in [0, 0.1) is 0 Å². The van der Waals surface area contributed by atoms with Crippen molar-refractivity contribution < 1.29 is 17.9 Å². The molecular weight excluding hydrogens is 474 g/mol. The first-order valence-corrected chi connectivity index (χ1v) is 13.0. The topological polar surface area (TPSA) is 96.9 Å². The number of nitrogens with one attached hydrogen (secondary N) is 1. The van der Waals surface area contributed by atoms with Crippen molar-refractivity contribution in [3.63, 3.8) is 0 Å². The molecule has 0 atom stereocenters. The lowest BCUT2D eigenvalue weighted by atomic mass is 10.2. The fourth-order valence-electron chi connectivity index (χ4n) is 3.89. The van der Waals surface area contributed by atoms with E-state index in [0.717, 1.165) is 48.5 Å². The largest absolute Gasteiger partial charge is 0.493 e. The first kappa shape index (κ1) is 24.0. The zero-order chi connectivity index (χ0) is 24.3. The zero-order valence-corrected chi connectivity index (χ0v) is 20.9. The van der Waals surface area contributed by atoms with E-state index >= 15 is 0 Å². The number of nitrogens with zero attached hydrogens (tertiary/aromatic N) is 4. The Bertz CT molecular complexity index is 1290. The highest BCUT2D eigenvalue weighted by atomic mass is 32.2. The molecule has 0 bridgehead atoms. The number of benzene rings is 2. The Kier molecular flexibility index (Phi) is 7.03. The number of anilines is 1. The third-order valence-corrected chi connectivity index (χ3v) is 7.31. The molecule has 0 radical (unpaired) electrons. The van der Waals surface area contributed by atoms with Gasteiger partial charge in [-0.15, -0.1) is 0 Å². The molecule has 34 heavy (non-hydrogen) atoms. The third kappa shape index (κ3) is 5.15. The van der Waals surface area contributed by atoms with Crippen LogP contribution >= 0.6 is 12.2 Å². The van der Waals surface area contributed by atoms with Crippen LogP contribution in [0.5, 0.6) is 11.5 Å². The minimum absolute atomic E-state index is 0.309. The molecule has 2 aromatic carbocycles. The van der Waals surface area contributed by atoms with Crippen molar-refractivity contribution in [2.24, 2.45) is 0 Å². The van der Waals surface area contributed by atoms with E-state index in [2.05, 4.69) is 25.1 Å². The van der Waals surface area contributed by atoms with Crippen LogP contribution in [-0.2, 0) is 16.4 Å². The van der Waals surface area contributed by atoms with Gasteiger partial charge in [0.2, 0.25) is 0 Å². The molecule has 1 N–H and O–H groups in total. The van der Waals surface area contributed by atoms with E-state index in [4.69, 9.17) is 21.7 Å². The van der Waals surface area contributed by atoms with Gasteiger partial charge >= 0.3 is 0 Å². The number of piperazine rings is 1. The molecule has 9 nitrogen and oxygen atoms in total. The third-order valence-electron chi connectivity index (χ3n) is 5.78. The van der Waals surface area contributed by atoms with E-state index in [1.165, 1.54) is 6.26 Å². The Balaban J connectivity index is 1.38. The Morgan fingerprint density at radius 1 is 1.03 bits per heavy atom. The summed E-state index contributed by atoms with van der Waals surface area (Å²) in [5, 5.41) is 4.85. The summed E-state index contributed by atoms with van der Waals surface area (Å²) in [6, 6.07) is 10.6. The maximum Gasteiger partial charge on any atom is 0.175 e. The lowest BCUT2D eigenvalue weighted by molar-refractivity contribution is 0.355. The predicted molar refractivity (Wildman–Crippen MR) is 135 cm³/mol. The van der Waals surface area contributed by atoms with Gasteiger partial charge in [0.1, 0.15) is 12.1 Å². The van der Waals surface area contributed by atoms with Gasteiger partial charge in [-0.3, -0.25) is 0 Å². The molecule has 0 saturated carbocycles. The second kappa shape index (κ2) is 9.98. The van der Waals surface area contributed by atoms with Crippen molar-refractivity contribution in [1.29, 1.82) is 0 Å². The van der Waals surface area contributed by atoms with Crippen LogP contribution < -0.4 is 19.7 Å². The number of sulfone groups is 1. The van der Waals surface area contributed by atoms with E-state index < -0.39 is 9.84 Å². The fraction of sp³-hybridized carbons (Fsp3) is 0.348. The van der Waals surface area contributed by atoms with Gasteiger partial charge in [0.15, 0.2) is 26.4 Å². The second-order valence-corrected chi connectivity index (χ2v) is 10.4. The molecule has 0 spiro atoms. The van der Waals surface area contributed by atoms with Crippen LogP contribution in [0.1, 0.15) is 5.56 Å². The molecule has 0 unspecified atom stereocenters. The van der Waals surface area contributed by atoms with Crippen molar-refractivity contribution in [2.45, 2.75) is 11.4 Å². The van der Waals surface area contributed by atoms with Crippen molar-refractivity contribution in [3.8, 4) is 11.5 Å². The lowest BCUT2D eigenvalue weighted by Gasteiger charge is -2.37. The van der Waals surface area contributed by atoms with Gasteiger partial charge in [0.05, 0.1) is 24.6 Å². The van der Waals surface area contributed by atoms with Crippen LogP contribution in [0.3, 0.4) is 0 Å². The highest BCUT2D eigenvalue weighted by Gasteiger charge is 2.22. The van der Waals surface area contributed by atoms with E-state index in [-0.39, 0.29) is 0 Å². The van der Waals surface area contributed by atoms with Crippen molar-refractivity contribution in [2.75, 3.05) is 51.6 Å². The highest BCUT2D eigenvalue weighted by Crippen LogP contribution is 2.34. The Morgan fingerprint density at radius 3 is 2.29 bits per heavy atom. The number of ether oxygens (including phenoxy) is 2. The van der Waals surface area contributed by atoms with Gasteiger partial charge in [-0.1, -0.05) is 12.1 Å². The molecule has 1 aromatic heterocycles. The number of hydrogen-bond donors (Lipinski definition) is 1. The van der Waals surface area contributed by atoms with Gasteiger partial charge in [-0.05, 0) is 36.0 Å². The maximum absolute atomic E-state index is 11.6. The second-order valence-electron chi connectivity index (χ2n) is 7.97. The summed E-state index contributed by atoms with van der Waals surface area (Å²) in [7, 11) is 0.0159. The Morgan fingerprint density at radius 2 is 1.68 bits per heavy atom. The van der Waals surface area contributed by atoms with Gasteiger partial charge in [-0.2, -0.15) is 0 Å². The predicted octanol–water partition coefficient (Wildman–Crippen LogP) is 2.25. The molecule has 1 saturated heterocycles. The summed E-state index contributed by atoms with van der Waals surface area (Å²) in [5.74, 6) is 2.13. The van der Waals surface area contributed by atoms with Crippen molar-refractivity contribution >= 4 is 43.9 Å². The van der Waals surface area contributed by atoms with Gasteiger partial charge in [0.25, 0.3) is 0 Å². The Labute approximate surface area is 204 Å². The average Bonchev–Trinajstić information content (AvgIpc) is 2.85. The van der Waals surface area contributed by atoms with Crippen molar-refractivity contribution in [3.05, 3.63) is 48.3 Å². The molecular formula is C23H27N5O4S2. The number of thiocarbonyl (C=S) groups is 1. The number of aromatic nitrogens is 2. The molecule has 0 amide bonds. The SMILES string of the molecule is COc1cc2ncnc(N3CCN(C(=S)NCc4ccc(S(C)(=O)=O)cc4)CC3)c2cc1OC. The molecule has 11 heteroatoms.